The van der Waals surface area contributed by atoms with E-state index in [1.807, 2.05) is 54.1 Å². The normalized spacial score (nSPS) is 11.9. The first kappa shape index (κ1) is 20.0. The quantitative estimate of drug-likeness (QED) is 0.430. The van der Waals surface area contributed by atoms with Crippen LogP contribution in [0.25, 0.3) is 16.5 Å². The fraction of sp³-hybridized carbons (Fsp3) is 0.167. The van der Waals surface area contributed by atoms with Crippen molar-refractivity contribution in [3.63, 3.8) is 0 Å². The van der Waals surface area contributed by atoms with Crippen LogP contribution < -0.4 is 10.1 Å². The first-order valence-corrected chi connectivity index (χ1v) is 10.7. The molecule has 1 N–H and O–H groups in total. The largest absolute Gasteiger partial charge is 0.497 e. The van der Waals surface area contributed by atoms with Crippen LogP contribution in [-0.2, 0) is 4.79 Å². The molecular weight excluding hydrogens is 394 g/mol. The second-order valence-corrected chi connectivity index (χ2v) is 7.90. The Labute approximate surface area is 180 Å². The second kappa shape index (κ2) is 9.05. The maximum atomic E-state index is 12.5. The monoisotopic (exact) mass is 417 g/mol. The molecule has 30 heavy (non-hydrogen) atoms. The van der Waals surface area contributed by atoms with Crippen molar-refractivity contribution in [2.45, 2.75) is 18.1 Å². The van der Waals surface area contributed by atoms with Crippen molar-refractivity contribution in [3.05, 3.63) is 84.7 Å². The lowest BCUT2D eigenvalue weighted by atomic mass is 10.0. The summed E-state index contributed by atoms with van der Waals surface area (Å²) >= 11 is 1.41. The van der Waals surface area contributed by atoms with Gasteiger partial charge >= 0.3 is 0 Å². The molecule has 0 radical (unpaired) electrons. The highest BCUT2D eigenvalue weighted by molar-refractivity contribution is 7.99. The van der Waals surface area contributed by atoms with Crippen LogP contribution in [0.3, 0.4) is 0 Å². The van der Waals surface area contributed by atoms with Crippen LogP contribution in [0.2, 0.25) is 0 Å². The van der Waals surface area contributed by atoms with Crippen molar-refractivity contribution in [1.29, 1.82) is 0 Å². The number of ether oxygens (including phenoxy) is 1. The Morgan fingerprint density at radius 3 is 2.63 bits per heavy atom. The van der Waals surface area contributed by atoms with Gasteiger partial charge in [0.05, 0.1) is 18.9 Å². The van der Waals surface area contributed by atoms with Crippen LogP contribution in [0.15, 0.2) is 84.3 Å². The number of fused-ring (bicyclic) bond motifs is 1. The zero-order valence-corrected chi connectivity index (χ0v) is 17.7. The molecule has 1 amide bonds. The maximum Gasteiger partial charge on any atom is 0.230 e. The molecule has 0 spiro atoms. The lowest BCUT2D eigenvalue weighted by Gasteiger charge is -2.15. The topological polar surface area (TPSA) is 56.2 Å². The van der Waals surface area contributed by atoms with Crippen molar-refractivity contribution in [3.8, 4) is 11.4 Å². The van der Waals surface area contributed by atoms with Gasteiger partial charge in [0, 0.05) is 18.1 Å². The predicted octanol–water partition coefficient (Wildman–Crippen LogP) is 5.00. The van der Waals surface area contributed by atoms with Gasteiger partial charge in [-0.1, -0.05) is 48.2 Å². The second-order valence-electron chi connectivity index (χ2n) is 6.96. The fourth-order valence-corrected chi connectivity index (χ4v) is 4.09. The summed E-state index contributed by atoms with van der Waals surface area (Å²) in [7, 11) is 1.64. The lowest BCUT2D eigenvalue weighted by Crippen LogP contribution is -2.28. The minimum atomic E-state index is -0.0657. The highest BCUT2D eigenvalue weighted by Crippen LogP contribution is 2.23. The summed E-state index contributed by atoms with van der Waals surface area (Å²) in [6.07, 6.45) is 3.63. The average molecular weight is 418 g/mol. The number of benzene rings is 3. The van der Waals surface area contributed by atoms with Crippen LogP contribution in [0, 0.1) is 0 Å². The van der Waals surface area contributed by atoms with Gasteiger partial charge in [-0.15, -0.1) is 0 Å². The molecule has 0 saturated carbocycles. The van der Waals surface area contributed by atoms with E-state index in [1.54, 1.807) is 13.3 Å². The SMILES string of the molecule is COc1ccc(-n2ccnc2SCC(=O)NC(C)c2ccc3ccccc3c2)cc1. The Morgan fingerprint density at radius 2 is 1.87 bits per heavy atom. The van der Waals surface area contributed by atoms with Crippen molar-refractivity contribution in [1.82, 2.24) is 14.9 Å². The molecule has 152 valence electrons. The van der Waals surface area contributed by atoms with Gasteiger partial charge < -0.3 is 10.1 Å². The van der Waals surface area contributed by atoms with E-state index >= 15 is 0 Å². The number of thioether (sulfide) groups is 1. The molecule has 1 unspecified atom stereocenters. The molecule has 0 aliphatic heterocycles. The number of nitrogens with zero attached hydrogens (tertiary/aromatic N) is 2. The van der Waals surface area contributed by atoms with Crippen molar-refractivity contribution in [2.75, 3.05) is 12.9 Å². The van der Waals surface area contributed by atoms with Crippen LogP contribution >= 0.6 is 11.8 Å². The van der Waals surface area contributed by atoms with Gasteiger partial charge in [-0.2, -0.15) is 0 Å². The highest BCUT2D eigenvalue weighted by atomic mass is 32.2. The average Bonchev–Trinajstić information content (AvgIpc) is 3.26. The lowest BCUT2D eigenvalue weighted by molar-refractivity contribution is -0.119. The van der Waals surface area contributed by atoms with Gasteiger partial charge in [0.15, 0.2) is 5.16 Å². The van der Waals surface area contributed by atoms with Gasteiger partial charge in [-0.25, -0.2) is 4.98 Å². The van der Waals surface area contributed by atoms with Gasteiger partial charge in [0.2, 0.25) is 5.91 Å². The number of hydrogen-bond acceptors (Lipinski definition) is 4. The number of nitrogens with one attached hydrogen (secondary N) is 1. The molecule has 0 bridgehead atoms. The molecular formula is C24H23N3O2S. The van der Waals surface area contributed by atoms with E-state index in [4.69, 9.17) is 4.74 Å². The van der Waals surface area contributed by atoms with E-state index in [0.717, 1.165) is 22.2 Å². The number of rotatable bonds is 7. The minimum Gasteiger partial charge on any atom is -0.497 e. The molecule has 0 fully saturated rings. The van der Waals surface area contributed by atoms with Gasteiger partial charge in [0.25, 0.3) is 0 Å². The van der Waals surface area contributed by atoms with E-state index in [0.29, 0.717) is 5.75 Å². The Hall–Kier alpha value is -3.25. The summed E-state index contributed by atoms with van der Waals surface area (Å²) in [5.74, 6) is 1.07. The van der Waals surface area contributed by atoms with Crippen LogP contribution in [0.4, 0.5) is 0 Å². The number of aromatic nitrogens is 2. The van der Waals surface area contributed by atoms with Crippen LogP contribution in [0.5, 0.6) is 5.75 Å². The standard InChI is InChI=1S/C24H23N3O2S/c1-17(19-8-7-18-5-3-4-6-20(18)15-19)26-23(28)16-30-24-25-13-14-27(24)21-9-11-22(29-2)12-10-21/h3-15,17H,16H2,1-2H3,(H,26,28). The van der Waals surface area contributed by atoms with Crippen LogP contribution in [0.1, 0.15) is 18.5 Å². The summed E-state index contributed by atoms with van der Waals surface area (Å²) in [6, 6.07) is 22.2. The molecule has 3 aromatic carbocycles. The smallest absolute Gasteiger partial charge is 0.230 e. The van der Waals surface area contributed by atoms with E-state index in [1.165, 1.54) is 22.5 Å². The molecule has 4 aromatic rings. The summed E-state index contributed by atoms with van der Waals surface area (Å²) in [6.45, 7) is 2.00. The van der Waals surface area contributed by atoms with E-state index in [2.05, 4.69) is 40.6 Å². The van der Waals surface area contributed by atoms with Gasteiger partial charge in [-0.3, -0.25) is 9.36 Å². The zero-order chi connectivity index (χ0) is 20.9. The summed E-state index contributed by atoms with van der Waals surface area (Å²) in [5.41, 5.74) is 2.06. The molecule has 0 aliphatic rings. The summed E-state index contributed by atoms with van der Waals surface area (Å²) < 4.78 is 7.17. The predicted molar refractivity (Wildman–Crippen MR) is 121 cm³/mol. The third kappa shape index (κ3) is 4.49. The van der Waals surface area contributed by atoms with Crippen molar-refractivity contribution < 1.29 is 9.53 Å². The number of methoxy groups -OCH3 is 1. The van der Waals surface area contributed by atoms with Crippen molar-refractivity contribution >= 4 is 28.4 Å². The van der Waals surface area contributed by atoms with E-state index < -0.39 is 0 Å². The number of imidazole rings is 1. The Bertz CT molecular complexity index is 1150. The molecule has 1 aromatic heterocycles. The molecule has 0 aliphatic carbocycles. The van der Waals surface area contributed by atoms with Crippen LogP contribution in [-0.4, -0.2) is 28.3 Å². The van der Waals surface area contributed by atoms with Crippen molar-refractivity contribution in [2.24, 2.45) is 0 Å². The minimum absolute atomic E-state index is 0.0232. The van der Waals surface area contributed by atoms with E-state index in [9.17, 15) is 4.79 Å². The highest BCUT2D eigenvalue weighted by Gasteiger charge is 2.13. The molecule has 1 atom stereocenters. The van der Waals surface area contributed by atoms with Gasteiger partial charge in [0.1, 0.15) is 5.75 Å². The summed E-state index contributed by atoms with van der Waals surface area (Å²) in [5, 5.41) is 6.22. The number of hydrogen-bond donors (Lipinski definition) is 1. The Balaban J connectivity index is 1.38. The first-order chi connectivity index (χ1) is 14.6. The number of amides is 1. The molecule has 6 heteroatoms. The molecule has 0 saturated heterocycles. The Kier molecular flexibility index (Phi) is 6.05. The molecule has 1 heterocycles. The molecule has 4 rings (SSSR count). The first-order valence-electron chi connectivity index (χ1n) is 9.72. The third-order valence-corrected chi connectivity index (χ3v) is 5.91. The number of carbonyl (C=O) groups is 1. The third-order valence-electron chi connectivity index (χ3n) is 4.94. The zero-order valence-electron chi connectivity index (χ0n) is 16.9. The summed E-state index contributed by atoms with van der Waals surface area (Å²) in [4.78, 5) is 16.9. The van der Waals surface area contributed by atoms with Gasteiger partial charge in [-0.05, 0) is 53.6 Å². The van der Waals surface area contributed by atoms with E-state index in [-0.39, 0.29) is 11.9 Å². The maximum absolute atomic E-state index is 12.5. The number of carbonyl (C=O) groups excluding carboxylic acids is 1. The molecule has 5 nitrogen and oxygen atoms in total. The Morgan fingerprint density at radius 1 is 1.10 bits per heavy atom. The fourth-order valence-electron chi connectivity index (χ4n) is 3.31.